The summed E-state index contributed by atoms with van der Waals surface area (Å²) in [6, 6.07) is 12.6. The van der Waals surface area contributed by atoms with Crippen molar-refractivity contribution in [2.45, 2.75) is 25.3 Å². The number of imide groups is 1. The van der Waals surface area contributed by atoms with Gasteiger partial charge in [-0.25, -0.2) is 9.07 Å². The molecule has 0 saturated heterocycles. The van der Waals surface area contributed by atoms with Crippen molar-refractivity contribution >= 4 is 17.7 Å². The Hall–Kier alpha value is -3.81. The van der Waals surface area contributed by atoms with Gasteiger partial charge in [-0.15, -0.1) is 0 Å². The minimum absolute atomic E-state index is 0.311. The highest BCUT2D eigenvalue weighted by Gasteiger charge is 2.37. The predicted molar refractivity (Wildman–Crippen MR) is 109 cm³/mol. The van der Waals surface area contributed by atoms with Gasteiger partial charge >= 0.3 is 0 Å². The van der Waals surface area contributed by atoms with Crippen molar-refractivity contribution in [1.29, 1.82) is 0 Å². The first kappa shape index (κ1) is 19.2. The molecule has 1 atom stereocenters. The zero-order valence-corrected chi connectivity index (χ0v) is 16.5. The normalized spacial score (nSPS) is 17.5. The third-order valence-corrected chi connectivity index (χ3v) is 5.78. The van der Waals surface area contributed by atoms with Gasteiger partial charge in [0.05, 0.1) is 23.4 Å². The number of rotatable bonds is 4. The fourth-order valence-electron chi connectivity index (χ4n) is 4.30. The molecule has 31 heavy (non-hydrogen) atoms. The summed E-state index contributed by atoms with van der Waals surface area (Å²) in [4.78, 5) is 38.7. The Morgan fingerprint density at radius 2 is 1.74 bits per heavy atom. The standard InChI is InChI=1S/C23H19FN4O3/c24-17-8-3-4-10-20(17)28-19-11-5-9-18(16(19)12-25-28)26-21(29)13-27-22(30)14-6-1-2-7-15(14)23(27)31/h1-4,6-8,10,12,18H,5,9,11,13H2,(H,26,29). The number of amides is 3. The molecule has 156 valence electrons. The molecule has 0 bridgehead atoms. The number of nitrogens with one attached hydrogen (secondary N) is 1. The summed E-state index contributed by atoms with van der Waals surface area (Å²) in [5.41, 5.74) is 2.66. The van der Waals surface area contributed by atoms with Crippen LogP contribution in [0.4, 0.5) is 4.39 Å². The Kier molecular flexibility index (Phi) is 4.62. The summed E-state index contributed by atoms with van der Waals surface area (Å²) in [7, 11) is 0. The molecule has 0 saturated carbocycles. The van der Waals surface area contributed by atoms with Crippen molar-refractivity contribution in [3.63, 3.8) is 0 Å². The molecule has 1 unspecified atom stereocenters. The molecule has 1 aliphatic carbocycles. The molecule has 1 aliphatic heterocycles. The molecule has 2 heterocycles. The molecule has 0 spiro atoms. The number of carbonyl (C=O) groups is 3. The van der Waals surface area contributed by atoms with Gasteiger partial charge in [0.15, 0.2) is 0 Å². The van der Waals surface area contributed by atoms with Crippen LogP contribution in [-0.4, -0.2) is 38.9 Å². The second-order valence-electron chi connectivity index (χ2n) is 7.66. The molecule has 0 fully saturated rings. The van der Waals surface area contributed by atoms with Crippen LogP contribution in [0.2, 0.25) is 0 Å². The van der Waals surface area contributed by atoms with E-state index < -0.39 is 17.7 Å². The van der Waals surface area contributed by atoms with Crippen molar-refractivity contribution in [1.82, 2.24) is 20.0 Å². The van der Waals surface area contributed by atoms with Crippen LogP contribution in [0.5, 0.6) is 0 Å². The van der Waals surface area contributed by atoms with Crippen molar-refractivity contribution in [2.24, 2.45) is 0 Å². The number of benzene rings is 2. The molecule has 5 rings (SSSR count). The van der Waals surface area contributed by atoms with Crippen LogP contribution in [0, 0.1) is 5.82 Å². The van der Waals surface area contributed by atoms with Crippen LogP contribution >= 0.6 is 0 Å². The number of carbonyl (C=O) groups excluding carboxylic acids is 3. The maximum absolute atomic E-state index is 14.2. The van der Waals surface area contributed by atoms with E-state index in [4.69, 9.17) is 0 Å². The van der Waals surface area contributed by atoms with E-state index in [0.29, 0.717) is 29.7 Å². The third kappa shape index (κ3) is 3.20. The molecule has 1 aromatic heterocycles. The minimum Gasteiger partial charge on any atom is -0.348 e. The molecule has 1 N–H and O–H groups in total. The van der Waals surface area contributed by atoms with Crippen molar-refractivity contribution in [2.75, 3.05) is 6.54 Å². The Morgan fingerprint density at radius 3 is 2.45 bits per heavy atom. The van der Waals surface area contributed by atoms with Gasteiger partial charge in [0.1, 0.15) is 18.0 Å². The summed E-state index contributed by atoms with van der Waals surface area (Å²) >= 11 is 0. The highest BCUT2D eigenvalue weighted by Crippen LogP contribution is 2.31. The van der Waals surface area contributed by atoms with Crippen LogP contribution in [0.15, 0.2) is 54.7 Å². The number of aromatic nitrogens is 2. The zero-order chi connectivity index (χ0) is 21.5. The summed E-state index contributed by atoms with van der Waals surface area (Å²) in [5.74, 6) is -1.73. The Bertz CT molecular complexity index is 1180. The second kappa shape index (κ2) is 7.46. The van der Waals surface area contributed by atoms with Gasteiger partial charge in [-0.2, -0.15) is 5.10 Å². The fraction of sp³-hybridized carbons (Fsp3) is 0.217. The lowest BCUT2D eigenvalue weighted by Gasteiger charge is -2.25. The zero-order valence-electron chi connectivity index (χ0n) is 16.5. The minimum atomic E-state index is -0.465. The smallest absolute Gasteiger partial charge is 0.262 e. The second-order valence-corrected chi connectivity index (χ2v) is 7.66. The number of nitrogens with zero attached hydrogens (tertiary/aromatic N) is 3. The van der Waals surface area contributed by atoms with Crippen molar-refractivity contribution in [3.8, 4) is 5.69 Å². The molecular formula is C23H19FN4O3. The molecule has 7 nitrogen and oxygen atoms in total. The van der Waals surface area contributed by atoms with E-state index in [0.717, 1.165) is 22.6 Å². The molecular weight excluding hydrogens is 399 g/mol. The molecule has 2 aliphatic rings. The van der Waals surface area contributed by atoms with Crippen molar-refractivity contribution < 1.29 is 18.8 Å². The monoisotopic (exact) mass is 418 g/mol. The number of halogens is 1. The highest BCUT2D eigenvalue weighted by atomic mass is 19.1. The summed E-state index contributed by atoms with van der Waals surface area (Å²) in [6.07, 6.45) is 3.86. The van der Waals surface area contributed by atoms with E-state index in [1.165, 1.54) is 6.07 Å². The van der Waals surface area contributed by atoms with Crippen LogP contribution in [-0.2, 0) is 11.2 Å². The average molecular weight is 418 g/mol. The van der Waals surface area contributed by atoms with E-state index in [2.05, 4.69) is 10.4 Å². The number of hydrogen-bond donors (Lipinski definition) is 1. The summed E-state index contributed by atoms with van der Waals surface area (Å²) < 4.78 is 15.8. The molecule has 3 aromatic rings. The number of hydrogen-bond acceptors (Lipinski definition) is 4. The third-order valence-electron chi connectivity index (χ3n) is 5.78. The van der Waals surface area contributed by atoms with E-state index in [-0.39, 0.29) is 18.4 Å². The largest absolute Gasteiger partial charge is 0.348 e. The topological polar surface area (TPSA) is 84.3 Å². The van der Waals surface area contributed by atoms with Crippen LogP contribution in [0.1, 0.15) is 50.9 Å². The summed E-state index contributed by atoms with van der Waals surface area (Å²) in [6.45, 7) is -0.348. The Balaban J connectivity index is 1.34. The van der Waals surface area contributed by atoms with E-state index in [1.807, 2.05) is 0 Å². The highest BCUT2D eigenvalue weighted by molar-refractivity contribution is 6.22. The van der Waals surface area contributed by atoms with Gasteiger partial charge in [0.25, 0.3) is 11.8 Å². The van der Waals surface area contributed by atoms with E-state index in [9.17, 15) is 18.8 Å². The van der Waals surface area contributed by atoms with Gasteiger partial charge in [0.2, 0.25) is 5.91 Å². The first-order valence-corrected chi connectivity index (χ1v) is 10.1. The number of para-hydroxylation sites is 1. The summed E-state index contributed by atoms with van der Waals surface area (Å²) in [5, 5.41) is 7.26. The van der Waals surface area contributed by atoms with Gasteiger partial charge in [-0.05, 0) is 43.5 Å². The lowest BCUT2D eigenvalue weighted by molar-refractivity contribution is -0.122. The lowest BCUT2D eigenvalue weighted by Crippen LogP contribution is -2.42. The first-order chi connectivity index (χ1) is 15.0. The molecule has 8 heteroatoms. The average Bonchev–Trinajstić information content (AvgIpc) is 3.31. The van der Waals surface area contributed by atoms with E-state index >= 15 is 0 Å². The Morgan fingerprint density at radius 1 is 1.06 bits per heavy atom. The molecule has 3 amide bonds. The number of fused-ring (bicyclic) bond motifs is 2. The van der Waals surface area contributed by atoms with Crippen LogP contribution in [0.3, 0.4) is 0 Å². The van der Waals surface area contributed by atoms with Crippen molar-refractivity contribution in [3.05, 3.63) is 82.9 Å². The van der Waals surface area contributed by atoms with Gasteiger partial charge in [-0.3, -0.25) is 19.3 Å². The van der Waals surface area contributed by atoms with Crippen LogP contribution < -0.4 is 5.32 Å². The molecule has 0 radical (unpaired) electrons. The maximum atomic E-state index is 14.2. The predicted octanol–water partition coefficient (Wildman–Crippen LogP) is 2.80. The van der Waals surface area contributed by atoms with Gasteiger partial charge in [0, 0.05) is 11.3 Å². The molecule has 2 aromatic carbocycles. The Labute approximate surface area is 177 Å². The van der Waals surface area contributed by atoms with E-state index in [1.54, 1.807) is 53.3 Å². The van der Waals surface area contributed by atoms with Crippen LogP contribution in [0.25, 0.3) is 5.69 Å². The lowest BCUT2D eigenvalue weighted by atomic mass is 9.93. The first-order valence-electron chi connectivity index (χ1n) is 10.1. The SMILES string of the molecule is O=C(CN1C(=O)c2ccccc2C1=O)NC1CCCc2c1cnn2-c1ccccc1F. The quantitative estimate of drug-likeness (QED) is 0.661. The fourth-order valence-corrected chi connectivity index (χ4v) is 4.30. The maximum Gasteiger partial charge on any atom is 0.262 e. The van der Waals surface area contributed by atoms with Gasteiger partial charge < -0.3 is 5.32 Å². The van der Waals surface area contributed by atoms with Gasteiger partial charge in [-0.1, -0.05) is 24.3 Å².